The molecule has 1 N–H and O–H groups in total. The number of hydrogen-bond acceptors (Lipinski definition) is 7. The Labute approximate surface area is 208 Å². The van der Waals surface area contributed by atoms with E-state index in [-0.39, 0.29) is 24.5 Å². The topological polar surface area (TPSA) is 106 Å². The average molecular weight is 487 g/mol. The van der Waals surface area contributed by atoms with Crippen LogP contribution in [0.2, 0.25) is 0 Å². The van der Waals surface area contributed by atoms with Gasteiger partial charge in [-0.25, -0.2) is 4.79 Å². The van der Waals surface area contributed by atoms with Gasteiger partial charge in [0, 0.05) is 18.3 Å². The number of aromatic nitrogens is 1. The molecule has 1 aliphatic heterocycles. The molecule has 36 heavy (non-hydrogen) atoms. The molecule has 8 heteroatoms. The number of ketones is 1. The Kier molecular flexibility index (Phi) is 7.44. The van der Waals surface area contributed by atoms with E-state index in [4.69, 9.17) is 9.47 Å². The number of carbonyl (C=O) groups excluding carboxylic acids is 3. The van der Waals surface area contributed by atoms with Gasteiger partial charge < -0.3 is 19.5 Å². The molecule has 1 amide bonds. The summed E-state index contributed by atoms with van der Waals surface area (Å²) in [6.45, 7) is 4.36. The van der Waals surface area contributed by atoms with Crippen LogP contribution in [-0.2, 0) is 20.9 Å². The zero-order valence-corrected chi connectivity index (χ0v) is 20.0. The number of pyridine rings is 1. The molecule has 8 nitrogen and oxygen atoms in total. The molecule has 3 aromatic rings. The van der Waals surface area contributed by atoms with Crippen LogP contribution >= 0.6 is 0 Å². The fourth-order valence-corrected chi connectivity index (χ4v) is 4.10. The minimum Gasteiger partial charge on any atom is -0.507 e. The molecule has 1 saturated heterocycles. The molecule has 4 rings (SSSR count). The normalized spacial score (nSPS) is 16.7. The van der Waals surface area contributed by atoms with Crippen LogP contribution in [0.3, 0.4) is 0 Å². The predicted molar refractivity (Wildman–Crippen MR) is 132 cm³/mol. The highest BCUT2D eigenvalue weighted by atomic mass is 16.5. The lowest BCUT2D eigenvalue weighted by Crippen LogP contribution is -2.29. The molecule has 2 aromatic carbocycles. The van der Waals surface area contributed by atoms with Crippen molar-refractivity contribution in [2.45, 2.75) is 26.4 Å². The van der Waals surface area contributed by atoms with E-state index < -0.39 is 23.7 Å². The molecule has 2 heterocycles. The van der Waals surface area contributed by atoms with E-state index in [1.54, 1.807) is 79.9 Å². The lowest BCUT2D eigenvalue weighted by Gasteiger charge is -2.24. The van der Waals surface area contributed by atoms with E-state index in [0.717, 1.165) is 0 Å². The van der Waals surface area contributed by atoms with Gasteiger partial charge in [-0.1, -0.05) is 30.3 Å². The molecular formula is C28H26N2O6. The number of aliphatic hydroxyl groups excluding tert-OH is 1. The van der Waals surface area contributed by atoms with Crippen molar-refractivity contribution < 1.29 is 29.0 Å². The number of likely N-dealkylation sites (tertiary alicyclic amines) is 1. The quantitative estimate of drug-likeness (QED) is 0.219. The third-order valence-corrected chi connectivity index (χ3v) is 5.74. The monoisotopic (exact) mass is 486 g/mol. The van der Waals surface area contributed by atoms with Crippen molar-refractivity contribution in [2.75, 3.05) is 13.2 Å². The number of Topliss-reactive ketones (excluding diaryl/α,β-unsaturated/α-hetero) is 1. The number of ether oxygens (including phenoxy) is 2. The second kappa shape index (κ2) is 10.9. The molecule has 1 aromatic heterocycles. The standard InChI is InChI=1S/C28H26N2O6/c1-3-35-21-9-7-8-20(16-21)25(31)23-24(22-10-5-6-15-29-22)30(27(33)26(23)32)17-18-11-13-19(14-12-18)28(34)36-4-2/h5-16,24,31H,3-4,17H2,1-2H3/b25-23+. The van der Waals surface area contributed by atoms with E-state index >= 15 is 0 Å². The number of hydrogen-bond donors (Lipinski definition) is 1. The highest BCUT2D eigenvalue weighted by Crippen LogP contribution is 2.39. The summed E-state index contributed by atoms with van der Waals surface area (Å²) in [5.41, 5.74) is 1.85. The summed E-state index contributed by atoms with van der Waals surface area (Å²) in [6.07, 6.45) is 1.57. The fraction of sp³-hybridized carbons (Fsp3) is 0.214. The van der Waals surface area contributed by atoms with Gasteiger partial charge in [0.1, 0.15) is 17.6 Å². The van der Waals surface area contributed by atoms with Crippen molar-refractivity contribution >= 4 is 23.4 Å². The molecule has 1 fully saturated rings. The molecule has 1 aliphatic rings. The molecule has 0 radical (unpaired) electrons. The first kappa shape index (κ1) is 24.7. The fourth-order valence-electron chi connectivity index (χ4n) is 4.10. The summed E-state index contributed by atoms with van der Waals surface area (Å²) >= 11 is 0. The smallest absolute Gasteiger partial charge is 0.338 e. The van der Waals surface area contributed by atoms with Gasteiger partial charge in [-0.05, 0) is 55.8 Å². The van der Waals surface area contributed by atoms with E-state index in [1.165, 1.54) is 4.90 Å². The summed E-state index contributed by atoms with van der Waals surface area (Å²) in [6, 6.07) is 17.6. The first-order chi connectivity index (χ1) is 17.4. The van der Waals surface area contributed by atoms with Gasteiger partial charge in [0.25, 0.3) is 11.7 Å². The van der Waals surface area contributed by atoms with Crippen LogP contribution in [0.25, 0.3) is 5.76 Å². The van der Waals surface area contributed by atoms with Crippen molar-refractivity contribution in [1.82, 2.24) is 9.88 Å². The second-order valence-corrected chi connectivity index (χ2v) is 8.06. The lowest BCUT2D eigenvalue weighted by molar-refractivity contribution is -0.140. The van der Waals surface area contributed by atoms with E-state index in [9.17, 15) is 19.5 Å². The number of aliphatic hydroxyl groups is 1. The molecule has 0 saturated carbocycles. The highest BCUT2D eigenvalue weighted by Gasteiger charge is 2.46. The van der Waals surface area contributed by atoms with Crippen LogP contribution in [0.1, 0.15) is 47.1 Å². The molecule has 1 unspecified atom stereocenters. The SMILES string of the molecule is CCOC(=O)c1ccc(CN2C(=O)C(=O)/C(=C(/O)c3cccc(OCC)c3)C2c2ccccn2)cc1. The van der Waals surface area contributed by atoms with Crippen molar-refractivity contribution in [2.24, 2.45) is 0 Å². The largest absolute Gasteiger partial charge is 0.507 e. The van der Waals surface area contributed by atoms with Crippen LogP contribution in [0.5, 0.6) is 5.75 Å². The minimum absolute atomic E-state index is 0.0458. The van der Waals surface area contributed by atoms with Gasteiger partial charge in [-0.3, -0.25) is 14.6 Å². The highest BCUT2D eigenvalue weighted by molar-refractivity contribution is 6.46. The van der Waals surface area contributed by atoms with Gasteiger partial charge in [0.2, 0.25) is 0 Å². The number of nitrogens with zero attached hydrogens (tertiary/aromatic N) is 2. The maximum Gasteiger partial charge on any atom is 0.338 e. The summed E-state index contributed by atoms with van der Waals surface area (Å²) in [5.74, 6) is -1.75. The van der Waals surface area contributed by atoms with Crippen molar-refractivity contribution in [3.05, 3.63) is 101 Å². The molecule has 0 bridgehead atoms. The Balaban J connectivity index is 1.74. The molecule has 0 spiro atoms. The van der Waals surface area contributed by atoms with Gasteiger partial charge >= 0.3 is 5.97 Å². The molecular weight excluding hydrogens is 460 g/mol. The Morgan fingerprint density at radius 1 is 0.972 bits per heavy atom. The van der Waals surface area contributed by atoms with Crippen LogP contribution in [0.4, 0.5) is 0 Å². The van der Waals surface area contributed by atoms with Crippen LogP contribution in [0.15, 0.2) is 78.5 Å². The number of rotatable bonds is 8. The maximum atomic E-state index is 13.2. The molecule has 184 valence electrons. The van der Waals surface area contributed by atoms with Gasteiger partial charge in [-0.15, -0.1) is 0 Å². The lowest BCUT2D eigenvalue weighted by atomic mass is 9.98. The van der Waals surface area contributed by atoms with Crippen LogP contribution in [-0.4, -0.2) is 45.9 Å². The van der Waals surface area contributed by atoms with E-state index in [0.29, 0.717) is 34.7 Å². The molecule has 1 atom stereocenters. The van der Waals surface area contributed by atoms with Gasteiger partial charge in [0.15, 0.2) is 0 Å². The first-order valence-corrected chi connectivity index (χ1v) is 11.6. The van der Waals surface area contributed by atoms with Crippen molar-refractivity contribution in [3.8, 4) is 5.75 Å². The number of carbonyl (C=O) groups is 3. The van der Waals surface area contributed by atoms with E-state index in [2.05, 4.69) is 4.98 Å². The van der Waals surface area contributed by atoms with Gasteiger partial charge in [0.05, 0.1) is 30.0 Å². The average Bonchev–Trinajstić information content (AvgIpc) is 3.14. The van der Waals surface area contributed by atoms with Crippen molar-refractivity contribution in [3.63, 3.8) is 0 Å². The minimum atomic E-state index is -0.897. The summed E-state index contributed by atoms with van der Waals surface area (Å²) < 4.78 is 10.5. The number of amides is 1. The molecule has 0 aliphatic carbocycles. The van der Waals surface area contributed by atoms with Crippen molar-refractivity contribution in [1.29, 1.82) is 0 Å². The van der Waals surface area contributed by atoms with Gasteiger partial charge in [-0.2, -0.15) is 0 Å². The number of benzene rings is 2. The number of esters is 1. The summed E-state index contributed by atoms with van der Waals surface area (Å²) in [7, 11) is 0. The first-order valence-electron chi connectivity index (χ1n) is 11.6. The Morgan fingerprint density at radius 3 is 2.42 bits per heavy atom. The predicted octanol–water partition coefficient (Wildman–Crippen LogP) is 4.28. The Hall–Kier alpha value is -4.46. The zero-order valence-electron chi connectivity index (χ0n) is 20.0. The zero-order chi connectivity index (χ0) is 25.7. The Bertz CT molecular complexity index is 1300. The third kappa shape index (κ3) is 4.98. The summed E-state index contributed by atoms with van der Waals surface area (Å²) in [5, 5.41) is 11.2. The van der Waals surface area contributed by atoms with Crippen LogP contribution < -0.4 is 4.74 Å². The maximum absolute atomic E-state index is 13.2. The second-order valence-electron chi connectivity index (χ2n) is 8.06. The summed E-state index contributed by atoms with van der Waals surface area (Å²) in [4.78, 5) is 44.1. The Morgan fingerprint density at radius 2 is 1.75 bits per heavy atom. The van der Waals surface area contributed by atoms with Crippen LogP contribution in [0, 0.1) is 0 Å². The third-order valence-electron chi connectivity index (χ3n) is 5.74. The van der Waals surface area contributed by atoms with E-state index in [1.807, 2.05) is 6.92 Å².